The number of methoxy groups -OCH3 is 1. The molecule has 0 saturated carbocycles. The van der Waals surface area contributed by atoms with Crippen LogP contribution in [0.2, 0.25) is 0 Å². The van der Waals surface area contributed by atoms with Crippen molar-refractivity contribution in [2.45, 2.75) is 19.6 Å². The van der Waals surface area contributed by atoms with Crippen molar-refractivity contribution < 1.29 is 27.5 Å². The molecule has 4 nitrogen and oxygen atoms in total. The number of carbonyl (C=O) groups excluding carboxylic acids is 2. The van der Waals surface area contributed by atoms with Crippen molar-refractivity contribution in [2.75, 3.05) is 7.11 Å². The highest BCUT2D eigenvalue weighted by Gasteiger charge is 2.38. The molecule has 2 aromatic carbocycles. The average molecular weight is 401 g/mol. The molecular formula is C22H18F3NO3. The molecule has 150 valence electrons. The van der Waals surface area contributed by atoms with Crippen LogP contribution in [0.1, 0.15) is 23.6 Å². The molecule has 7 heteroatoms. The van der Waals surface area contributed by atoms with Crippen LogP contribution in [0, 0.1) is 0 Å². The zero-order valence-electron chi connectivity index (χ0n) is 15.8. The molecule has 0 aliphatic carbocycles. The molecule has 0 radical (unpaired) electrons. The molecule has 1 amide bonds. The van der Waals surface area contributed by atoms with Crippen LogP contribution in [-0.2, 0) is 27.0 Å². The summed E-state index contributed by atoms with van der Waals surface area (Å²) in [4.78, 5) is 26.7. The summed E-state index contributed by atoms with van der Waals surface area (Å²) in [5.41, 5.74) is -0.0852. The quantitative estimate of drug-likeness (QED) is 0.557. The van der Waals surface area contributed by atoms with Gasteiger partial charge in [0.1, 0.15) is 0 Å². The highest BCUT2D eigenvalue weighted by Crippen LogP contribution is 2.36. The normalized spacial score (nSPS) is 16.0. The lowest BCUT2D eigenvalue weighted by Crippen LogP contribution is -2.24. The number of benzene rings is 2. The van der Waals surface area contributed by atoms with Crippen molar-refractivity contribution in [3.63, 3.8) is 0 Å². The minimum atomic E-state index is -4.59. The minimum absolute atomic E-state index is 0.0367. The van der Waals surface area contributed by atoms with Gasteiger partial charge in [-0.3, -0.25) is 4.79 Å². The topological polar surface area (TPSA) is 46.6 Å². The fourth-order valence-electron chi connectivity index (χ4n) is 3.22. The molecule has 0 N–H and O–H groups in total. The van der Waals surface area contributed by atoms with Gasteiger partial charge in [-0.05, 0) is 30.2 Å². The van der Waals surface area contributed by atoms with Crippen LogP contribution in [0.5, 0.6) is 0 Å². The summed E-state index contributed by atoms with van der Waals surface area (Å²) in [6.07, 6.45) is -3.49. The molecule has 3 rings (SSSR count). The van der Waals surface area contributed by atoms with E-state index in [4.69, 9.17) is 4.74 Å². The lowest BCUT2D eigenvalue weighted by Gasteiger charge is -2.18. The second-order valence-corrected chi connectivity index (χ2v) is 6.47. The Morgan fingerprint density at radius 2 is 1.69 bits per heavy atom. The monoisotopic (exact) mass is 401 g/mol. The van der Waals surface area contributed by atoms with E-state index in [9.17, 15) is 22.8 Å². The summed E-state index contributed by atoms with van der Waals surface area (Å²) in [6.45, 7) is 1.76. The molecule has 1 aliphatic heterocycles. The summed E-state index contributed by atoms with van der Waals surface area (Å²) in [5.74, 6) is -1.33. The first kappa shape index (κ1) is 20.4. The third-order valence-electron chi connectivity index (χ3n) is 4.65. The molecule has 1 heterocycles. The number of allylic oxidation sites excluding steroid dienone is 1. The number of alkyl halides is 3. The maximum absolute atomic E-state index is 13.4. The van der Waals surface area contributed by atoms with Gasteiger partial charge in [-0.15, -0.1) is 0 Å². The summed E-state index contributed by atoms with van der Waals surface area (Å²) in [7, 11) is 1.16. The number of hydrogen-bond donors (Lipinski definition) is 0. The summed E-state index contributed by atoms with van der Waals surface area (Å²) in [6, 6.07) is 14.0. The maximum Gasteiger partial charge on any atom is 0.416 e. The van der Waals surface area contributed by atoms with Gasteiger partial charge < -0.3 is 9.64 Å². The summed E-state index contributed by atoms with van der Waals surface area (Å²) in [5, 5.41) is 0. The Bertz CT molecular complexity index is 1010. The van der Waals surface area contributed by atoms with Gasteiger partial charge >= 0.3 is 12.1 Å². The number of nitrogens with zero attached hydrogens (tertiary/aromatic N) is 1. The van der Waals surface area contributed by atoms with Gasteiger partial charge in [-0.1, -0.05) is 48.5 Å². The van der Waals surface area contributed by atoms with Gasteiger partial charge in [-0.2, -0.15) is 13.2 Å². The SMILES string of the molecule is COC(=O)C1=C(C)N(Cc2ccccc2)C(=O)/C1=C\c1ccccc1C(F)(F)F. The lowest BCUT2D eigenvalue weighted by molar-refractivity contribution is -0.138. The standard InChI is InChI=1S/C22H18F3NO3/c1-14-19(21(28)29-2)17(12-16-10-6-7-11-18(16)22(23,24)25)20(27)26(14)13-15-8-4-3-5-9-15/h3-12H,13H2,1-2H3/b17-12-. The molecule has 0 bridgehead atoms. The Hall–Kier alpha value is -3.35. The smallest absolute Gasteiger partial charge is 0.416 e. The van der Waals surface area contributed by atoms with E-state index in [0.717, 1.165) is 24.8 Å². The number of amides is 1. The largest absolute Gasteiger partial charge is 0.465 e. The third-order valence-corrected chi connectivity index (χ3v) is 4.65. The first-order valence-corrected chi connectivity index (χ1v) is 8.77. The highest BCUT2D eigenvalue weighted by molar-refractivity contribution is 6.16. The molecule has 0 saturated heterocycles. The molecule has 0 atom stereocenters. The molecule has 2 aromatic rings. The second kappa shape index (κ2) is 7.95. The fraction of sp³-hybridized carbons (Fsp3) is 0.182. The fourth-order valence-corrected chi connectivity index (χ4v) is 3.22. The van der Waals surface area contributed by atoms with Gasteiger partial charge in [0, 0.05) is 5.70 Å². The Labute approximate surface area is 165 Å². The van der Waals surface area contributed by atoms with Crippen LogP contribution < -0.4 is 0 Å². The number of halogens is 3. The van der Waals surface area contributed by atoms with E-state index in [1.54, 1.807) is 6.92 Å². The Morgan fingerprint density at radius 3 is 2.31 bits per heavy atom. The Balaban J connectivity index is 2.10. The molecule has 0 unspecified atom stereocenters. The molecule has 29 heavy (non-hydrogen) atoms. The van der Waals surface area contributed by atoms with Crippen LogP contribution in [0.3, 0.4) is 0 Å². The lowest BCUT2D eigenvalue weighted by atomic mass is 10.00. The van der Waals surface area contributed by atoms with E-state index < -0.39 is 23.6 Å². The summed E-state index contributed by atoms with van der Waals surface area (Å²) >= 11 is 0. The number of ether oxygens (including phenoxy) is 1. The Kier molecular flexibility index (Phi) is 5.59. The molecule has 0 aromatic heterocycles. The van der Waals surface area contributed by atoms with E-state index in [-0.39, 0.29) is 23.3 Å². The van der Waals surface area contributed by atoms with Crippen LogP contribution in [0.4, 0.5) is 13.2 Å². The van der Waals surface area contributed by atoms with Gasteiger partial charge in [0.05, 0.1) is 30.4 Å². The first-order chi connectivity index (χ1) is 13.7. The van der Waals surface area contributed by atoms with E-state index in [1.165, 1.54) is 23.1 Å². The van der Waals surface area contributed by atoms with Gasteiger partial charge in [0.15, 0.2) is 0 Å². The van der Waals surface area contributed by atoms with Crippen molar-refractivity contribution in [3.05, 3.63) is 88.1 Å². The van der Waals surface area contributed by atoms with Crippen LogP contribution in [0.25, 0.3) is 6.08 Å². The third kappa shape index (κ3) is 4.08. The van der Waals surface area contributed by atoms with Gasteiger partial charge in [0.2, 0.25) is 0 Å². The van der Waals surface area contributed by atoms with Gasteiger partial charge in [-0.25, -0.2) is 4.79 Å². The highest BCUT2D eigenvalue weighted by atomic mass is 19.4. The predicted molar refractivity (Wildman–Crippen MR) is 101 cm³/mol. The van der Waals surface area contributed by atoms with Crippen molar-refractivity contribution >= 4 is 18.0 Å². The number of carbonyl (C=O) groups is 2. The zero-order chi connectivity index (χ0) is 21.2. The van der Waals surface area contributed by atoms with Crippen molar-refractivity contribution in [2.24, 2.45) is 0 Å². The second-order valence-electron chi connectivity index (χ2n) is 6.47. The van der Waals surface area contributed by atoms with E-state index in [1.807, 2.05) is 30.3 Å². The van der Waals surface area contributed by atoms with E-state index >= 15 is 0 Å². The van der Waals surface area contributed by atoms with E-state index in [2.05, 4.69) is 0 Å². The molecular weight excluding hydrogens is 383 g/mol. The molecule has 0 fully saturated rings. The maximum atomic E-state index is 13.4. The van der Waals surface area contributed by atoms with Crippen LogP contribution in [-0.4, -0.2) is 23.9 Å². The Morgan fingerprint density at radius 1 is 1.07 bits per heavy atom. The van der Waals surface area contributed by atoms with Crippen molar-refractivity contribution in [1.29, 1.82) is 0 Å². The minimum Gasteiger partial charge on any atom is -0.465 e. The van der Waals surface area contributed by atoms with Crippen molar-refractivity contribution in [3.8, 4) is 0 Å². The molecule has 0 spiro atoms. The number of rotatable bonds is 4. The summed E-state index contributed by atoms with van der Waals surface area (Å²) < 4.78 is 44.8. The molecule has 1 aliphatic rings. The van der Waals surface area contributed by atoms with E-state index in [0.29, 0.717) is 5.70 Å². The van der Waals surface area contributed by atoms with Crippen LogP contribution >= 0.6 is 0 Å². The average Bonchev–Trinajstić information content (AvgIpc) is 2.92. The number of esters is 1. The number of hydrogen-bond acceptors (Lipinski definition) is 3. The van der Waals surface area contributed by atoms with Crippen LogP contribution in [0.15, 0.2) is 71.4 Å². The first-order valence-electron chi connectivity index (χ1n) is 8.77. The van der Waals surface area contributed by atoms with Crippen molar-refractivity contribution in [1.82, 2.24) is 4.90 Å². The predicted octanol–water partition coefficient (Wildman–Crippen LogP) is 4.58. The zero-order valence-corrected chi connectivity index (χ0v) is 15.8. The van der Waals surface area contributed by atoms with Gasteiger partial charge in [0.25, 0.3) is 5.91 Å².